The van der Waals surface area contributed by atoms with Gasteiger partial charge in [-0.25, -0.2) is 24.0 Å². The van der Waals surface area contributed by atoms with E-state index in [2.05, 4.69) is 53.2 Å². The molecular weight excluding hydrogens is 1130 g/mol. The number of unbranched alkanes of at least 4 members (excludes halogenated alkanes) is 1. The standard InChI is InChI=1S/C60H94N10O17/c1-56(2,3)83-51(78)64-28-27-63-46(73)40(68-53(80)85-58(7,8)9)21-16-17-25-61-47(74)41(69-54(81)86-59(10,11)12)24-26-62-48(75)42-30-35-19-18-20-36(29-35)37-22-23-45(72)38(31-37)32-43(70-55(82)87-60(13,14)15)49(76)67-44(50(77)66-42)33-39(71)34-65-52(79)84-57(4,5)6/h18-20,22-23,29,31,39-44,71-72H,16-17,21,24-28,30,32-34H2,1-15H3,(H,61,74)(H,62,75)(H,63,73)(H,64,78)(H,65,79)(H,66,77)(H,67,76)(H,68,80)(H,69,81)(H,70,82)/t39-,40?,41?,42+,43+,44+/m1/s1. The molecule has 0 saturated heterocycles. The fourth-order valence-electron chi connectivity index (χ4n) is 8.27. The molecule has 27 nitrogen and oxygen atoms in total. The Morgan fingerprint density at radius 3 is 1.62 bits per heavy atom. The average Bonchev–Trinajstić information content (AvgIpc) is 2.61. The number of fused-ring (bicyclic) bond motifs is 5. The van der Waals surface area contributed by atoms with E-state index >= 15 is 0 Å². The third kappa shape index (κ3) is 30.2. The fraction of sp³-hybridized carbons (Fsp3) is 0.633. The lowest BCUT2D eigenvalue weighted by Gasteiger charge is -2.28. The molecule has 2 aromatic rings. The molecule has 6 atom stereocenters. The number of hydrogen-bond donors (Lipinski definition) is 12. The highest BCUT2D eigenvalue weighted by Gasteiger charge is 2.35. The largest absolute Gasteiger partial charge is 0.508 e. The van der Waals surface area contributed by atoms with Crippen molar-refractivity contribution < 1.29 is 81.8 Å². The van der Waals surface area contributed by atoms with Crippen LogP contribution in [0.15, 0.2) is 42.5 Å². The lowest BCUT2D eigenvalue weighted by atomic mass is 9.96. The van der Waals surface area contributed by atoms with E-state index in [4.69, 9.17) is 23.7 Å². The number of hydrogen-bond acceptors (Lipinski definition) is 17. The Balaban J connectivity index is 1.91. The summed E-state index contributed by atoms with van der Waals surface area (Å²) in [7, 11) is 0. The molecular formula is C60H94N10O17. The number of alkyl carbamates (subject to hydrolysis) is 5. The van der Waals surface area contributed by atoms with E-state index in [9.17, 15) is 58.2 Å². The van der Waals surface area contributed by atoms with Crippen molar-refractivity contribution in [2.45, 2.75) is 213 Å². The number of carbonyl (C=O) groups is 10. The molecule has 0 spiro atoms. The van der Waals surface area contributed by atoms with Crippen molar-refractivity contribution in [3.63, 3.8) is 0 Å². The first kappa shape index (κ1) is 73.2. The van der Waals surface area contributed by atoms with Gasteiger partial charge in [-0.15, -0.1) is 0 Å². The Labute approximate surface area is 509 Å². The number of amides is 10. The van der Waals surface area contributed by atoms with Crippen LogP contribution in [-0.4, -0.2) is 167 Å². The first-order valence-electron chi connectivity index (χ1n) is 29.1. The maximum Gasteiger partial charge on any atom is 0.408 e. The highest BCUT2D eigenvalue weighted by Crippen LogP contribution is 2.29. The molecule has 1 aliphatic heterocycles. The van der Waals surface area contributed by atoms with Crippen LogP contribution in [0.2, 0.25) is 0 Å². The number of phenols is 1. The minimum absolute atomic E-state index is 0.0144. The fourth-order valence-corrected chi connectivity index (χ4v) is 8.27. The highest BCUT2D eigenvalue weighted by molar-refractivity contribution is 5.94. The third-order valence-electron chi connectivity index (χ3n) is 11.9. The van der Waals surface area contributed by atoms with Gasteiger partial charge in [-0.05, 0) is 164 Å². The number of carbonyl (C=O) groups excluding carboxylic acids is 10. The van der Waals surface area contributed by atoms with Gasteiger partial charge in [0.1, 0.15) is 64.0 Å². The van der Waals surface area contributed by atoms with E-state index in [1.165, 1.54) is 6.07 Å². The predicted octanol–water partition coefficient (Wildman–Crippen LogP) is 4.52. The first-order chi connectivity index (χ1) is 40.1. The number of rotatable bonds is 21. The van der Waals surface area contributed by atoms with Crippen LogP contribution < -0.4 is 53.2 Å². The maximum absolute atomic E-state index is 14.6. The second-order valence-corrected chi connectivity index (χ2v) is 26.0. The van der Waals surface area contributed by atoms with Crippen molar-refractivity contribution in [3.8, 4) is 16.9 Å². The highest BCUT2D eigenvalue weighted by atomic mass is 16.6. The van der Waals surface area contributed by atoms with Crippen LogP contribution in [-0.2, 0) is 60.5 Å². The Kier molecular flexibility index (Phi) is 27.4. The van der Waals surface area contributed by atoms with Crippen molar-refractivity contribution in [1.82, 2.24) is 53.2 Å². The minimum Gasteiger partial charge on any atom is -0.508 e. The van der Waals surface area contributed by atoms with Gasteiger partial charge in [0, 0.05) is 52.0 Å². The van der Waals surface area contributed by atoms with Crippen molar-refractivity contribution in [2.75, 3.05) is 32.7 Å². The van der Waals surface area contributed by atoms with Crippen LogP contribution in [0.25, 0.3) is 11.1 Å². The van der Waals surface area contributed by atoms with E-state index in [0.29, 0.717) is 23.1 Å². The number of phenolic OH excluding ortho intramolecular Hbond substituents is 1. The first-order valence-corrected chi connectivity index (χ1v) is 29.1. The van der Waals surface area contributed by atoms with Crippen molar-refractivity contribution in [3.05, 3.63) is 53.6 Å². The lowest BCUT2D eigenvalue weighted by molar-refractivity contribution is -0.133. The molecule has 0 radical (unpaired) electrons. The van der Waals surface area contributed by atoms with E-state index in [-0.39, 0.29) is 69.6 Å². The minimum atomic E-state index is -1.64. The number of nitrogens with one attached hydrogen (secondary N) is 10. The van der Waals surface area contributed by atoms with Gasteiger partial charge in [-0.3, -0.25) is 24.0 Å². The van der Waals surface area contributed by atoms with Crippen LogP contribution >= 0.6 is 0 Å². The van der Waals surface area contributed by atoms with Gasteiger partial charge in [-0.1, -0.05) is 30.3 Å². The van der Waals surface area contributed by atoms with E-state index in [1.807, 2.05) is 0 Å². The maximum atomic E-state index is 14.6. The zero-order chi connectivity index (χ0) is 65.7. The topological polar surface area (TPSA) is 378 Å². The SMILES string of the molecule is CC(C)(C)OC(=O)NCCNC(=O)C(CCCCNC(=O)C(CCNC(=O)[C@@H]1Cc2cccc(c2)-c2ccc(O)c(c2)C[C@H](NC(=O)OC(C)(C)C)C(=O)N[C@@H](C[C@@H](O)CNC(=O)OC(C)(C)C)C(=O)N1)NC(=O)OC(C)(C)C)NC(=O)OC(C)(C)C. The van der Waals surface area contributed by atoms with Gasteiger partial charge < -0.3 is 87.1 Å². The number of aromatic hydroxyl groups is 1. The molecule has 27 heteroatoms. The summed E-state index contributed by atoms with van der Waals surface area (Å²) in [5, 5.41) is 48.4. The molecule has 10 amide bonds. The number of aliphatic hydroxyl groups excluding tert-OH is 1. The summed E-state index contributed by atoms with van der Waals surface area (Å²) in [4.78, 5) is 134. The van der Waals surface area contributed by atoms with Gasteiger partial charge in [0.15, 0.2) is 0 Å². The number of benzene rings is 2. The molecule has 12 N–H and O–H groups in total. The third-order valence-corrected chi connectivity index (χ3v) is 11.9. The Morgan fingerprint density at radius 1 is 0.540 bits per heavy atom. The Bertz CT molecular complexity index is 2710. The van der Waals surface area contributed by atoms with Gasteiger partial charge in [-0.2, -0.15) is 0 Å². The summed E-state index contributed by atoms with van der Waals surface area (Å²) >= 11 is 0. The van der Waals surface area contributed by atoms with Crippen LogP contribution in [0.5, 0.6) is 5.75 Å². The predicted molar refractivity (Wildman–Crippen MR) is 321 cm³/mol. The summed E-state index contributed by atoms with van der Waals surface area (Å²) in [6.45, 7) is 24.2. The second-order valence-electron chi connectivity index (χ2n) is 26.0. The van der Waals surface area contributed by atoms with Gasteiger partial charge in [0.25, 0.3) is 0 Å². The average molecular weight is 1230 g/mol. The van der Waals surface area contributed by atoms with E-state index in [1.54, 1.807) is 140 Å². The molecule has 1 heterocycles. The van der Waals surface area contributed by atoms with Crippen LogP contribution in [0, 0.1) is 0 Å². The molecule has 486 valence electrons. The number of ether oxygens (including phenoxy) is 5. The van der Waals surface area contributed by atoms with Gasteiger partial charge >= 0.3 is 30.5 Å². The monoisotopic (exact) mass is 1230 g/mol. The summed E-state index contributed by atoms with van der Waals surface area (Å²) < 4.78 is 26.8. The quantitative estimate of drug-likeness (QED) is 0.0604. The van der Waals surface area contributed by atoms with Crippen LogP contribution in [0.3, 0.4) is 0 Å². The Morgan fingerprint density at radius 2 is 1.05 bits per heavy atom. The van der Waals surface area contributed by atoms with Gasteiger partial charge in [0.2, 0.25) is 29.5 Å². The van der Waals surface area contributed by atoms with Crippen molar-refractivity contribution in [1.29, 1.82) is 0 Å². The van der Waals surface area contributed by atoms with E-state index < -0.39 is 137 Å². The number of aliphatic hydroxyl groups is 1. The van der Waals surface area contributed by atoms with Crippen molar-refractivity contribution >= 4 is 60.0 Å². The molecule has 1 aliphatic rings. The molecule has 0 fully saturated rings. The lowest BCUT2D eigenvalue weighted by Crippen LogP contribution is -2.58. The van der Waals surface area contributed by atoms with Crippen LogP contribution in [0.4, 0.5) is 24.0 Å². The van der Waals surface area contributed by atoms with Gasteiger partial charge in [0.05, 0.1) is 6.10 Å². The molecule has 0 saturated carbocycles. The molecule has 0 aromatic heterocycles. The normalized spacial score (nSPS) is 16.8. The summed E-state index contributed by atoms with van der Waals surface area (Å²) in [5.41, 5.74) is -2.44. The zero-order valence-electron chi connectivity index (χ0n) is 53.0. The molecule has 2 aromatic carbocycles. The zero-order valence-corrected chi connectivity index (χ0v) is 53.0. The second kappa shape index (κ2) is 32.6. The van der Waals surface area contributed by atoms with Crippen molar-refractivity contribution in [2.24, 2.45) is 0 Å². The molecule has 0 aliphatic carbocycles. The summed E-state index contributed by atoms with van der Waals surface area (Å²) in [6, 6.07) is 4.77. The smallest absolute Gasteiger partial charge is 0.408 e. The van der Waals surface area contributed by atoms with E-state index in [0.717, 1.165) is 0 Å². The molecule has 4 bridgehead atoms. The molecule has 2 unspecified atom stereocenters. The Hall–Kier alpha value is -8.10. The summed E-state index contributed by atoms with van der Waals surface area (Å²) in [6.07, 6.45) is -6.32. The molecule has 87 heavy (non-hydrogen) atoms. The molecule has 3 rings (SSSR count). The summed E-state index contributed by atoms with van der Waals surface area (Å²) in [5.74, 6) is -4.10. The van der Waals surface area contributed by atoms with Crippen LogP contribution in [0.1, 0.15) is 147 Å².